The number of hydrogen-bond acceptors (Lipinski definition) is 7. The first kappa shape index (κ1) is 22.7. The molecule has 0 spiro atoms. The third-order valence-electron chi connectivity index (χ3n) is 5.53. The molecule has 2 aliphatic heterocycles. The molecule has 3 heterocycles. The van der Waals surface area contributed by atoms with E-state index in [0.717, 1.165) is 24.4 Å². The van der Waals surface area contributed by atoms with Crippen molar-refractivity contribution in [3.63, 3.8) is 0 Å². The predicted octanol–water partition coefficient (Wildman–Crippen LogP) is 1.17. The molecule has 2 saturated heterocycles. The van der Waals surface area contributed by atoms with Crippen molar-refractivity contribution in [2.45, 2.75) is 4.21 Å². The topological polar surface area (TPSA) is 99.3 Å². The molecule has 2 aromatic rings. The summed E-state index contributed by atoms with van der Waals surface area (Å²) in [5, 5.41) is 1.70. The van der Waals surface area contributed by atoms with Crippen molar-refractivity contribution in [3.8, 4) is 0 Å². The fourth-order valence-corrected chi connectivity index (χ4v) is 5.75. The highest BCUT2D eigenvalue weighted by molar-refractivity contribution is 7.94. The molecule has 32 heavy (non-hydrogen) atoms. The molecule has 1 aromatic carbocycles. The standard InChI is InChI=1S/C21H26N4O5S2/c26-19(16-23-11-13-30-14-12-23)24-7-9-25(10-8-24)21(27)17-3-5-18(6-4-17)22-32(28,29)20-2-1-15-31-20/h1-6,15,22H,7-14,16H2. The number of nitrogens with zero attached hydrogens (tertiary/aromatic N) is 3. The summed E-state index contributed by atoms with van der Waals surface area (Å²) in [4.78, 5) is 31.0. The maximum atomic E-state index is 12.8. The molecule has 1 N–H and O–H groups in total. The second kappa shape index (κ2) is 9.99. The number of piperazine rings is 1. The largest absolute Gasteiger partial charge is 0.379 e. The molecule has 0 bridgehead atoms. The Labute approximate surface area is 191 Å². The van der Waals surface area contributed by atoms with E-state index in [9.17, 15) is 18.0 Å². The van der Waals surface area contributed by atoms with Crippen LogP contribution in [0.4, 0.5) is 5.69 Å². The number of morpholine rings is 1. The zero-order valence-electron chi connectivity index (χ0n) is 17.6. The summed E-state index contributed by atoms with van der Waals surface area (Å²) >= 11 is 1.14. The molecule has 1 aromatic heterocycles. The van der Waals surface area contributed by atoms with Crippen molar-refractivity contribution in [3.05, 3.63) is 47.3 Å². The van der Waals surface area contributed by atoms with Crippen molar-refractivity contribution in [1.29, 1.82) is 0 Å². The number of nitrogens with one attached hydrogen (secondary N) is 1. The zero-order chi connectivity index (χ0) is 22.6. The molecule has 9 nitrogen and oxygen atoms in total. The Morgan fingerprint density at radius 1 is 0.938 bits per heavy atom. The van der Waals surface area contributed by atoms with E-state index in [-0.39, 0.29) is 16.0 Å². The first-order valence-electron chi connectivity index (χ1n) is 10.5. The number of benzene rings is 1. The van der Waals surface area contributed by atoms with Crippen LogP contribution < -0.4 is 4.72 Å². The number of ether oxygens (including phenoxy) is 1. The van der Waals surface area contributed by atoms with Crippen LogP contribution in [-0.2, 0) is 19.6 Å². The molecular formula is C21H26N4O5S2. The molecule has 2 aliphatic rings. The fraction of sp³-hybridized carbons (Fsp3) is 0.429. The van der Waals surface area contributed by atoms with E-state index < -0.39 is 10.0 Å². The highest BCUT2D eigenvalue weighted by Crippen LogP contribution is 2.21. The maximum Gasteiger partial charge on any atom is 0.271 e. The number of amides is 2. The zero-order valence-corrected chi connectivity index (χ0v) is 19.2. The fourth-order valence-electron chi connectivity index (χ4n) is 3.69. The van der Waals surface area contributed by atoms with Crippen LogP contribution in [0.3, 0.4) is 0 Å². The Hall–Kier alpha value is -2.47. The Balaban J connectivity index is 1.29. The molecule has 0 saturated carbocycles. The molecule has 11 heteroatoms. The minimum Gasteiger partial charge on any atom is -0.379 e. The normalized spacial score (nSPS) is 17.9. The van der Waals surface area contributed by atoms with Crippen LogP contribution in [0.2, 0.25) is 0 Å². The minimum absolute atomic E-state index is 0.0846. The molecule has 0 aliphatic carbocycles. The van der Waals surface area contributed by atoms with E-state index >= 15 is 0 Å². The highest BCUT2D eigenvalue weighted by Gasteiger charge is 2.26. The second-order valence-corrected chi connectivity index (χ2v) is 10.5. The third-order valence-corrected chi connectivity index (χ3v) is 8.30. The van der Waals surface area contributed by atoms with Crippen LogP contribution in [0, 0.1) is 0 Å². The first-order valence-corrected chi connectivity index (χ1v) is 12.8. The van der Waals surface area contributed by atoms with Crippen molar-refractivity contribution < 1.29 is 22.7 Å². The SMILES string of the molecule is O=C(CN1CCOCC1)N1CCN(C(=O)c2ccc(NS(=O)(=O)c3cccs3)cc2)CC1. The summed E-state index contributed by atoms with van der Waals surface area (Å²) < 4.78 is 32.7. The highest BCUT2D eigenvalue weighted by atomic mass is 32.2. The van der Waals surface area contributed by atoms with E-state index in [1.807, 2.05) is 4.90 Å². The minimum atomic E-state index is -3.62. The summed E-state index contributed by atoms with van der Waals surface area (Å²) in [6.07, 6.45) is 0. The summed E-state index contributed by atoms with van der Waals surface area (Å²) in [6.45, 7) is 5.20. The van der Waals surface area contributed by atoms with Gasteiger partial charge in [-0.05, 0) is 35.7 Å². The average Bonchev–Trinajstić information content (AvgIpc) is 3.36. The smallest absolute Gasteiger partial charge is 0.271 e. The molecular weight excluding hydrogens is 452 g/mol. The summed E-state index contributed by atoms with van der Waals surface area (Å²) in [5.41, 5.74) is 0.880. The van der Waals surface area contributed by atoms with Crippen molar-refractivity contribution in [2.75, 3.05) is 63.7 Å². The van der Waals surface area contributed by atoms with Gasteiger partial charge < -0.3 is 14.5 Å². The van der Waals surface area contributed by atoms with Crippen LogP contribution in [-0.4, -0.2) is 94.0 Å². The lowest BCUT2D eigenvalue weighted by molar-refractivity contribution is -0.134. The Bertz CT molecular complexity index is 1030. The van der Waals surface area contributed by atoms with Gasteiger partial charge in [-0.1, -0.05) is 6.07 Å². The van der Waals surface area contributed by atoms with E-state index in [2.05, 4.69) is 9.62 Å². The van der Waals surface area contributed by atoms with Gasteiger partial charge in [0.15, 0.2) is 0 Å². The molecule has 172 valence electrons. The van der Waals surface area contributed by atoms with E-state index in [0.29, 0.717) is 57.2 Å². The number of carbonyl (C=O) groups excluding carboxylic acids is 2. The molecule has 2 amide bonds. The van der Waals surface area contributed by atoms with E-state index in [4.69, 9.17) is 4.74 Å². The number of carbonyl (C=O) groups is 2. The molecule has 4 rings (SSSR count). The first-order chi connectivity index (χ1) is 15.4. The van der Waals surface area contributed by atoms with Crippen LogP contribution >= 0.6 is 11.3 Å². The van der Waals surface area contributed by atoms with Crippen LogP contribution in [0.1, 0.15) is 10.4 Å². The van der Waals surface area contributed by atoms with Gasteiger partial charge in [-0.25, -0.2) is 8.42 Å². The van der Waals surface area contributed by atoms with Gasteiger partial charge in [0.25, 0.3) is 15.9 Å². The predicted molar refractivity (Wildman–Crippen MR) is 121 cm³/mol. The number of anilines is 1. The van der Waals surface area contributed by atoms with Gasteiger partial charge in [0.1, 0.15) is 4.21 Å². The number of hydrogen-bond donors (Lipinski definition) is 1. The second-order valence-electron chi connectivity index (χ2n) is 7.68. The van der Waals surface area contributed by atoms with E-state index in [1.165, 1.54) is 6.07 Å². The van der Waals surface area contributed by atoms with Crippen LogP contribution in [0.5, 0.6) is 0 Å². The van der Waals surface area contributed by atoms with Crippen molar-refractivity contribution >= 4 is 38.9 Å². The summed E-state index contributed by atoms with van der Waals surface area (Å²) in [5.74, 6) is -0.0423. The van der Waals surface area contributed by atoms with Crippen molar-refractivity contribution in [1.82, 2.24) is 14.7 Å². The van der Waals surface area contributed by atoms with Gasteiger partial charge in [0.05, 0.1) is 19.8 Å². The van der Waals surface area contributed by atoms with Gasteiger partial charge in [-0.15, -0.1) is 11.3 Å². The average molecular weight is 479 g/mol. The Morgan fingerprint density at radius 3 is 2.22 bits per heavy atom. The quantitative estimate of drug-likeness (QED) is 0.669. The van der Waals surface area contributed by atoms with Crippen molar-refractivity contribution in [2.24, 2.45) is 0 Å². The molecule has 0 atom stereocenters. The Morgan fingerprint density at radius 2 is 1.59 bits per heavy atom. The molecule has 2 fully saturated rings. The third kappa shape index (κ3) is 5.47. The number of thiophene rings is 1. The molecule has 0 radical (unpaired) electrons. The number of rotatable bonds is 6. The summed E-state index contributed by atoms with van der Waals surface area (Å²) in [6, 6.07) is 9.61. The van der Waals surface area contributed by atoms with Gasteiger partial charge in [0, 0.05) is 50.5 Å². The van der Waals surface area contributed by atoms with Gasteiger partial charge in [-0.2, -0.15) is 0 Å². The lowest BCUT2D eigenvalue weighted by Gasteiger charge is -2.36. The van der Waals surface area contributed by atoms with Crippen LogP contribution in [0.15, 0.2) is 46.0 Å². The molecule has 0 unspecified atom stereocenters. The van der Waals surface area contributed by atoms with Crippen LogP contribution in [0.25, 0.3) is 0 Å². The lowest BCUT2D eigenvalue weighted by atomic mass is 10.1. The number of sulfonamides is 1. The van der Waals surface area contributed by atoms with Gasteiger partial charge >= 0.3 is 0 Å². The Kier molecular flexibility index (Phi) is 7.09. The monoisotopic (exact) mass is 478 g/mol. The van der Waals surface area contributed by atoms with Gasteiger partial charge in [0.2, 0.25) is 5.91 Å². The lowest BCUT2D eigenvalue weighted by Crippen LogP contribution is -2.53. The summed E-state index contributed by atoms with van der Waals surface area (Å²) in [7, 11) is -3.62. The van der Waals surface area contributed by atoms with Gasteiger partial charge in [-0.3, -0.25) is 19.2 Å². The maximum absolute atomic E-state index is 12.8. The van der Waals surface area contributed by atoms with E-state index in [1.54, 1.807) is 40.6 Å².